The lowest BCUT2D eigenvalue weighted by Crippen LogP contribution is -2.12. The fourth-order valence-electron chi connectivity index (χ4n) is 3.02. The second-order valence-corrected chi connectivity index (χ2v) is 7.06. The summed E-state index contributed by atoms with van der Waals surface area (Å²) in [5, 5.41) is 12.6. The van der Waals surface area contributed by atoms with Gasteiger partial charge in [0.05, 0.1) is 12.3 Å². The number of aryl methyl sites for hydroxylation is 1. The van der Waals surface area contributed by atoms with Crippen molar-refractivity contribution in [2.75, 3.05) is 11.9 Å². The first-order valence-electron chi connectivity index (χ1n) is 9.95. The third-order valence-corrected chi connectivity index (χ3v) is 4.74. The summed E-state index contributed by atoms with van der Waals surface area (Å²) >= 11 is 0. The zero-order valence-corrected chi connectivity index (χ0v) is 16.9. The van der Waals surface area contributed by atoms with Crippen molar-refractivity contribution in [3.05, 3.63) is 89.5 Å². The highest BCUT2D eigenvalue weighted by Crippen LogP contribution is 2.25. The van der Waals surface area contributed by atoms with Crippen LogP contribution in [0.1, 0.15) is 46.0 Å². The molecule has 0 aliphatic rings. The molecule has 1 amide bonds. The fourth-order valence-corrected chi connectivity index (χ4v) is 3.02. The standard InChI is InChI=1S/C25H25NO4/c1-18(27)21-12-15-24(28)23(17-21)26-25(29)20-10-13-22(14-11-20)30-16-6-5-9-19-7-3-2-4-8-19/h2-4,7-8,10-15,17,28H,5-6,9,16H2,1H3,(H,26,29). The van der Waals surface area contributed by atoms with E-state index in [9.17, 15) is 14.7 Å². The van der Waals surface area contributed by atoms with Gasteiger partial charge in [-0.1, -0.05) is 30.3 Å². The number of carbonyl (C=O) groups excluding carboxylic acids is 2. The van der Waals surface area contributed by atoms with Crippen LogP contribution in [0.2, 0.25) is 0 Å². The topological polar surface area (TPSA) is 75.6 Å². The highest BCUT2D eigenvalue weighted by Gasteiger charge is 2.11. The van der Waals surface area contributed by atoms with Gasteiger partial charge < -0.3 is 15.2 Å². The summed E-state index contributed by atoms with van der Waals surface area (Å²) < 4.78 is 5.75. The summed E-state index contributed by atoms with van der Waals surface area (Å²) in [6, 6.07) is 21.6. The Hall–Kier alpha value is -3.60. The number of aromatic hydroxyl groups is 1. The van der Waals surface area contributed by atoms with Gasteiger partial charge in [-0.25, -0.2) is 0 Å². The first kappa shape index (κ1) is 21.1. The summed E-state index contributed by atoms with van der Waals surface area (Å²) in [6.07, 6.45) is 3.03. The lowest BCUT2D eigenvalue weighted by molar-refractivity contribution is 0.101. The number of carbonyl (C=O) groups is 2. The average molecular weight is 403 g/mol. The first-order chi connectivity index (χ1) is 14.5. The van der Waals surface area contributed by atoms with E-state index < -0.39 is 0 Å². The van der Waals surface area contributed by atoms with E-state index in [1.807, 2.05) is 18.2 Å². The summed E-state index contributed by atoms with van der Waals surface area (Å²) in [7, 11) is 0. The number of phenolic OH excluding ortho intramolecular Hbond substituents is 1. The molecule has 0 bridgehead atoms. The average Bonchev–Trinajstić information content (AvgIpc) is 2.76. The van der Waals surface area contributed by atoms with Crippen LogP contribution in [0.4, 0.5) is 5.69 Å². The number of Topliss-reactive ketones (excluding diaryl/α,β-unsaturated/α-hetero) is 1. The summed E-state index contributed by atoms with van der Waals surface area (Å²) in [5.41, 5.74) is 2.37. The van der Waals surface area contributed by atoms with E-state index in [1.54, 1.807) is 24.3 Å². The quantitative estimate of drug-likeness (QED) is 0.291. The van der Waals surface area contributed by atoms with Crippen molar-refractivity contribution < 1.29 is 19.4 Å². The van der Waals surface area contributed by atoms with Gasteiger partial charge in [-0.3, -0.25) is 9.59 Å². The predicted octanol–water partition coefficient (Wildman–Crippen LogP) is 5.25. The Kier molecular flexibility index (Phi) is 7.22. The smallest absolute Gasteiger partial charge is 0.255 e. The SMILES string of the molecule is CC(=O)c1ccc(O)c(NC(=O)c2ccc(OCCCCc3ccccc3)cc2)c1. The molecule has 0 aliphatic carbocycles. The van der Waals surface area contributed by atoms with Crippen molar-refractivity contribution in [3.63, 3.8) is 0 Å². The molecule has 2 N–H and O–H groups in total. The van der Waals surface area contributed by atoms with E-state index in [-0.39, 0.29) is 23.1 Å². The molecule has 5 nitrogen and oxygen atoms in total. The van der Waals surface area contributed by atoms with Gasteiger partial charge in [0.2, 0.25) is 0 Å². The normalized spacial score (nSPS) is 10.4. The van der Waals surface area contributed by atoms with E-state index >= 15 is 0 Å². The van der Waals surface area contributed by atoms with Gasteiger partial charge in [0, 0.05) is 11.1 Å². The van der Waals surface area contributed by atoms with Crippen molar-refractivity contribution in [2.24, 2.45) is 0 Å². The van der Waals surface area contributed by atoms with Crippen LogP contribution in [0.3, 0.4) is 0 Å². The second kappa shape index (κ2) is 10.3. The maximum Gasteiger partial charge on any atom is 0.255 e. The number of hydrogen-bond acceptors (Lipinski definition) is 4. The molecule has 0 fully saturated rings. The number of nitrogens with one attached hydrogen (secondary N) is 1. The Labute approximate surface area is 176 Å². The lowest BCUT2D eigenvalue weighted by Gasteiger charge is -2.10. The third kappa shape index (κ3) is 5.95. The molecule has 0 spiro atoms. The summed E-state index contributed by atoms with van der Waals surface area (Å²) in [5.74, 6) is 0.0904. The van der Waals surface area contributed by atoms with Crippen molar-refractivity contribution in [3.8, 4) is 11.5 Å². The Morgan fingerprint density at radius 1 is 0.900 bits per heavy atom. The minimum absolute atomic E-state index is 0.0937. The van der Waals surface area contributed by atoms with Crippen molar-refractivity contribution in [1.82, 2.24) is 0 Å². The molecule has 5 heteroatoms. The molecular formula is C25H25NO4. The Balaban J connectivity index is 1.48. The molecule has 0 atom stereocenters. The van der Waals surface area contributed by atoms with E-state index in [1.165, 1.54) is 30.7 Å². The molecule has 0 heterocycles. The van der Waals surface area contributed by atoms with Gasteiger partial charge in [0.1, 0.15) is 11.5 Å². The summed E-state index contributed by atoms with van der Waals surface area (Å²) in [4.78, 5) is 23.9. The van der Waals surface area contributed by atoms with Gasteiger partial charge in [0.15, 0.2) is 5.78 Å². The predicted molar refractivity (Wildman–Crippen MR) is 117 cm³/mol. The van der Waals surface area contributed by atoms with Gasteiger partial charge in [-0.15, -0.1) is 0 Å². The molecule has 0 aromatic heterocycles. The van der Waals surface area contributed by atoms with Crippen LogP contribution in [-0.2, 0) is 6.42 Å². The third-order valence-electron chi connectivity index (χ3n) is 4.74. The van der Waals surface area contributed by atoms with Crippen LogP contribution in [0.15, 0.2) is 72.8 Å². The van der Waals surface area contributed by atoms with Gasteiger partial charge in [-0.05, 0) is 74.2 Å². The molecule has 0 saturated heterocycles. The van der Waals surface area contributed by atoms with Gasteiger partial charge in [-0.2, -0.15) is 0 Å². The zero-order valence-electron chi connectivity index (χ0n) is 16.9. The molecule has 154 valence electrons. The Morgan fingerprint density at radius 2 is 1.60 bits per heavy atom. The van der Waals surface area contributed by atoms with Crippen LogP contribution >= 0.6 is 0 Å². The number of ether oxygens (including phenoxy) is 1. The maximum absolute atomic E-state index is 12.4. The highest BCUT2D eigenvalue weighted by atomic mass is 16.5. The zero-order chi connectivity index (χ0) is 21.3. The van der Waals surface area contributed by atoms with E-state index in [0.717, 1.165) is 19.3 Å². The minimum Gasteiger partial charge on any atom is -0.506 e. The number of rotatable bonds is 9. The van der Waals surface area contributed by atoms with E-state index in [2.05, 4.69) is 17.4 Å². The number of hydrogen-bond donors (Lipinski definition) is 2. The van der Waals surface area contributed by atoms with E-state index in [4.69, 9.17) is 4.74 Å². The van der Waals surface area contributed by atoms with Crippen LogP contribution < -0.4 is 10.1 Å². The van der Waals surface area contributed by atoms with Crippen LogP contribution in [0.25, 0.3) is 0 Å². The van der Waals surface area contributed by atoms with Crippen molar-refractivity contribution in [1.29, 1.82) is 0 Å². The molecule has 0 saturated carbocycles. The molecular weight excluding hydrogens is 378 g/mol. The van der Waals surface area contributed by atoms with Crippen LogP contribution in [0.5, 0.6) is 11.5 Å². The fraction of sp³-hybridized carbons (Fsp3) is 0.200. The highest BCUT2D eigenvalue weighted by molar-refractivity contribution is 6.06. The number of amides is 1. The number of unbranched alkanes of at least 4 members (excludes halogenated alkanes) is 1. The largest absolute Gasteiger partial charge is 0.506 e. The number of phenols is 1. The Bertz CT molecular complexity index is 997. The van der Waals surface area contributed by atoms with Crippen LogP contribution in [0, 0.1) is 0 Å². The molecule has 3 aromatic rings. The molecule has 0 unspecified atom stereocenters. The number of ketones is 1. The number of anilines is 1. The molecule has 3 aromatic carbocycles. The first-order valence-corrected chi connectivity index (χ1v) is 9.95. The van der Waals surface area contributed by atoms with Gasteiger partial charge >= 0.3 is 0 Å². The molecule has 0 radical (unpaired) electrons. The van der Waals surface area contributed by atoms with Gasteiger partial charge in [0.25, 0.3) is 5.91 Å². The lowest BCUT2D eigenvalue weighted by atomic mass is 10.1. The Morgan fingerprint density at radius 3 is 2.30 bits per heavy atom. The maximum atomic E-state index is 12.4. The van der Waals surface area contributed by atoms with Crippen LogP contribution in [-0.4, -0.2) is 23.4 Å². The molecule has 30 heavy (non-hydrogen) atoms. The van der Waals surface area contributed by atoms with E-state index in [0.29, 0.717) is 23.5 Å². The molecule has 0 aliphatic heterocycles. The minimum atomic E-state index is -0.375. The second-order valence-electron chi connectivity index (χ2n) is 7.06. The number of benzene rings is 3. The van der Waals surface area contributed by atoms with Crippen molar-refractivity contribution >= 4 is 17.4 Å². The van der Waals surface area contributed by atoms with Crippen molar-refractivity contribution in [2.45, 2.75) is 26.2 Å². The summed E-state index contributed by atoms with van der Waals surface area (Å²) in [6.45, 7) is 2.04. The molecule has 3 rings (SSSR count). The monoisotopic (exact) mass is 403 g/mol.